The molecule has 0 atom stereocenters. The molecule has 4 rings (SSSR count). The maximum absolute atomic E-state index is 12.4. The van der Waals surface area contributed by atoms with Crippen molar-refractivity contribution in [3.05, 3.63) is 64.1 Å². The van der Waals surface area contributed by atoms with E-state index in [1.165, 1.54) is 0 Å². The monoisotopic (exact) mass is 363 g/mol. The first-order valence-electron chi connectivity index (χ1n) is 8.14. The Kier molecular flexibility index (Phi) is 3.93. The van der Waals surface area contributed by atoms with E-state index in [0.29, 0.717) is 10.3 Å². The van der Waals surface area contributed by atoms with E-state index >= 15 is 0 Å². The van der Waals surface area contributed by atoms with Crippen molar-refractivity contribution in [2.45, 2.75) is 6.92 Å². The molecule has 130 valence electrons. The SMILES string of the molecule is Cc1c(/C=N\NC(=O)c2ccc3[nH]c(=S)[nH]c3c2)c2ccccc2n1C. The zero-order valence-corrected chi connectivity index (χ0v) is 15.1. The lowest BCUT2D eigenvalue weighted by Crippen LogP contribution is -2.17. The highest BCUT2D eigenvalue weighted by molar-refractivity contribution is 7.71. The second-order valence-corrected chi connectivity index (χ2v) is 6.52. The number of nitrogens with zero attached hydrogens (tertiary/aromatic N) is 2. The number of imidazole rings is 1. The summed E-state index contributed by atoms with van der Waals surface area (Å²) >= 11 is 5.06. The van der Waals surface area contributed by atoms with Gasteiger partial charge in [-0.05, 0) is 43.4 Å². The molecule has 7 heteroatoms. The van der Waals surface area contributed by atoms with Gasteiger partial charge in [-0.3, -0.25) is 4.79 Å². The molecule has 0 aliphatic rings. The summed E-state index contributed by atoms with van der Waals surface area (Å²) in [5, 5.41) is 5.25. The van der Waals surface area contributed by atoms with Crippen LogP contribution in [0.15, 0.2) is 47.6 Å². The smallest absolute Gasteiger partial charge is 0.271 e. The molecule has 0 saturated heterocycles. The number of hydrazone groups is 1. The van der Waals surface area contributed by atoms with Crippen molar-refractivity contribution in [1.29, 1.82) is 0 Å². The van der Waals surface area contributed by atoms with E-state index in [2.05, 4.69) is 31.1 Å². The number of para-hydroxylation sites is 1. The molecule has 2 aromatic carbocycles. The molecule has 0 bridgehead atoms. The number of carbonyl (C=O) groups excluding carboxylic acids is 1. The predicted octanol–water partition coefficient (Wildman–Crippen LogP) is 3.79. The minimum absolute atomic E-state index is 0.276. The predicted molar refractivity (Wildman–Crippen MR) is 106 cm³/mol. The Morgan fingerprint density at radius 2 is 1.96 bits per heavy atom. The van der Waals surface area contributed by atoms with Crippen LogP contribution in [0.3, 0.4) is 0 Å². The van der Waals surface area contributed by atoms with E-state index < -0.39 is 0 Å². The first-order valence-corrected chi connectivity index (χ1v) is 8.55. The van der Waals surface area contributed by atoms with Gasteiger partial charge in [-0.25, -0.2) is 5.43 Å². The zero-order valence-electron chi connectivity index (χ0n) is 14.3. The van der Waals surface area contributed by atoms with E-state index in [1.807, 2.05) is 38.2 Å². The van der Waals surface area contributed by atoms with E-state index in [1.54, 1.807) is 18.3 Å². The third-order valence-corrected chi connectivity index (χ3v) is 4.79. The molecular weight excluding hydrogens is 346 g/mol. The lowest BCUT2D eigenvalue weighted by molar-refractivity contribution is 0.0955. The maximum Gasteiger partial charge on any atom is 0.271 e. The summed E-state index contributed by atoms with van der Waals surface area (Å²) in [7, 11) is 2.02. The first kappa shape index (κ1) is 16.3. The van der Waals surface area contributed by atoms with Crippen molar-refractivity contribution in [2.24, 2.45) is 12.1 Å². The summed E-state index contributed by atoms with van der Waals surface area (Å²) in [6.07, 6.45) is 1.69. The van der Waals surface area contributed by atoms with Crippen LogP contribution >= 0.6 is 12.2 Å². The number of carbonyl (C=O) groups is 1. The number of aromatic nitrogens is 3. The largest absolute Gasteiger partial charge is 0.347 e. The zero-order chi connectivity index (χ0) is 18.3. The average Bonchev–Trinajstić information content (AvgIpc) is 3.13. The molecule has 26 heavy (non-hydrogen) atoms. The van der Waals surface area contributed by atoms with Crippen LogP contribution in [0.2, 0.25) is 0 Å². The van der Waals surface area contributed by atoms with Gasteiger partial charge in [0.15, 0.2) is 4.77 Å². The van der Waals surface area contributed by atoms with Crippen LogP contribution in [-0.4, -0.2) is 26.7 Å². The van der Waals surface area contributed by atoms with E-state index in [9.17, 15) is 4.79 Å². The van der Waals surface area contributed by atoms with Crippen molar-refractivity contribution in [3.63, 3.8) is 0 Å². The Morgan fingerprint density at radius 1 is 1.19 bits per heavy atom. The third-order valence-electron chi connectivity index (χ3n) is 4.59. The Labute approximate surface area is 154 Å². The summed E-state index contributed by atoms with van der Waals surface area (Å²) in [6.45, 7) is 2.03. The van der Waals surface area contributed by atoms with Crippen LogP contribution in [0.25, 0.3) is 21.9 Å². The first-order chi connectivity index (χ1) is 12.5. The molecule has 0 saturated carbocycles. The summed E-state index contributed by atoms with van der Waals surface area (Å²) < 4.78 is 2.64. The van der Waals surface area contributed by atoms with E-state index in [4.69, 9.17) is 12.2 Å². The van der Waals surface area contributed by atoms with Crippen LogP contribution < -0.4 is 5.43 Å². The van der Waals surface area contributed by atoms with Crippen molar-refractivity contribution in [2.75, 3.05) is 0 Å². The number of aromatic amines is 2. The van der Waals surface area contributed by atoms with Crippen LogP contribution in [0.1, 0.15) is 21.6 Å². The number of benzene rings is 2. The van der Waals surface area contributed by atoms with Gasteiger partial charge in [0.2, 0.25) is 0 Å². The normalized spacial score (nSPS) is 11.6. The van der Waals surface area contributed by atoms with Gasteiger partial charge in [-0.1, -0.05) is 18.2 Å². The lowest BCUT2D eigenvalue weighted by atomic mass is 10.1. The summed E-state index contributed by atoms with van der Waals surface area (Å²) in [5.41, 5.74) is 7.96. The second kappa shape index (κ2) is 6.27. The number of hydrogen-bond acceptors (Lipinski definition) is 3. The molecule has 0 unspecified atom stereocenters. The van der Waals surface area contributed by atoms with Crippen LogP contribution in [0, 0.1) is 11.7 Å². The molecule has 2 heterocycles. The molecule has 0 aliphatic carbocycles. The number of hydrogen-bond donors (Lipinski definition) is 3. The highest BCUT2D eigenvalue weighted by Crippen LogP contribution is 2.23. The highest BCUT2D eigenvalue weighted by atomic mass is 32.1. The Morgan fingerprint density at radius 3 is 2.81 bits per heavy atom. The fourth-order valence-corrected chi connectivity index (χ4v) is 3.33. The molecule has 4 aromatic rings. The Hall–Kier alpha value is -3.19. The van der Waals surface area contributed by atoms with Crippen molar-refractivity contribution < 1.29 is 4.79 Å². The van der Waals surface area contributed by atoms with E-state index in [-0.39, 0.29) is 5.91 Å². The standard InChI is InChI=1S/C19H17N5OS/c1-11-14(13-5-3-4-6-17(13)24(11)2)10-20-23-18(25)12-7-8-15-16(9-12)22-19(26)21-15/h3-10H,1-2H3,(H,23,25)(H2,21,22,26)/b20-10-. The number of amides is 1. The number of fused-ring (bicyclic) bond motifs is 2. The summed E-state index contributed by atoms with van der Waals surface area (Å²) in [4.78, 5) is 18.4. The lowest BCUT2D eigenvalue weighted by Gasteiger charge is -2.00. The van der Waals surface area contributed by atoms with Crippen LogP contribution in [0.4, 0.5) is 0 Å². The van der Waals surface area contributed by atoms with Gasteiger partial charge in [0.05, 0.1) is 17.2 Å². The van der Waals surface area contributed by atoms with Gasteiger partial charge in [0, 0.05) is 34.8 Å². The average molecular weight is 363 g/mol. The number of H-pyrrole nitrogens is 2. The molecule has 2 aromatic heterocycles. The summed E-state index contributed by atoms with van der Waals surface area (Å²) in [5.74, 6) is -0.276. The Bertz CT molecular complexity index is 1230. The molecule has 1 amide bonds. The second-order valence-electron chi connectivity index (χ2n) is 6.11. The molecule has 6 nitrogen and oxygen atoms in total. The van der Waals surface area contributed by atoms with Gasteiger partial charge in [0.25, 0.3) is 5.91 Å². The fraction of sp³-hybridized carbons (Fsp3) is 0.105. The minimum Gasteiger partial charge on any atom is -0.347 e. The quantitative estimate of drug-likeness (QED) is 0.294. The number of nitrogens with one attached hydrogen (secondary N) is 3. The maximum atomic E-state index is 12.4. The topological polar surface area (TPSA) is 78.0 Å². The van der Waals surface area contributed by atoms with Gasteiger partial charge in [-0.15, -0.1) is 0 Å². The molecule has 3 N–H and O–H groups in total. The third kappa shape index (κ3) is 2.72. The van der Waals surface area contributed by atoms with Gasteiger partial charge in [-0.2, -0.15) is 5.10 Å². The van der Waals surface area contributed by atoms with Crippen LogP contribution in [-0.2, 0) is 7.05 Å². The van der Waals surface area contributed by atoms with E-state index in [0.717, 1.165) is 33.2 Å². The van der Waals surface area contributed by atoms with Gasteiger partial charge >= 0.3 is 0 Å². The summed E-state index contributed by atoms with van der Waals surface area (Å²) in [6, 6.07) is 13.4. The van der Waals surface area contributed by atoms with Gasteiger partial charge < -0.3 is 14.5 Å². The minimum atomic E-state index is -0.276. The number of rotatable bonds is 3. The molecule has 0 aliphatic heterocycles. The Balaban J connectivity index is 1.59. The van der Waals surface area contributed by atoms with Crippen LogP contribution in [0.5, 0.6) is 0 Å². The van der Waals surface area contributed by atoms with Crippen molar-refractivity contribution >= 4 is 46.3 Å². The molecule has 0 fully saturated rings. The number of aryl methyl sites for hydroxylation is 1. The molecule has 0 spiro atoms. The highest BCUT2D eigenvalue weighted by Gasteiger charge is 2.10. The molecule has 0 radical (unpaired) electrons. The van der Waals surface area contributed by atoms with Crippen molar-refractivity contribution in [1.82, 2.24) is 20.0 Å². The van der Waals surface area contributed by atoms with Crippen molar-refractivity contribution in [3.8, 4) is 0 Å². The fourth-order valence-electron chi connectivity index (χ4n) is 3.11. The van der Waals surface area contributed by atoms with Gasteiger partial charge in [0.1, 0.15) is 0 Å². The molecular formula is C19H17N5OS.